The SMILES string of the molecule is C[C@H]1[C@@H](CSc2nncn2C)O[C@@H](c2cccc(NC(=O)c3cccnc3)c2)O[C@H]1c1ccc(CO)cc1. The van der Waals surface area contributed by atoms with Gasteiger partial charge < -0.3 is 24.5 Å². The van der Waals surface area contributed by atoms with Crippen LogP contribution in [0.1, 0.15) is 46.4 Å². The first-order chi connectivity index (χ1) is 18.5. The highest BCUT2D eigenvalue weighted by Crippen LogP contribution is 2.43. The fourth-order valence-electron chi connectivity index (χ4n) is 4.33. The normalized spacial score (nSPS) is 21.2. The van der Waals surface area contributed by atoms with Crippen molar-refractivity contribution < 1.29 is 19.4 Å². The van der Waals surface area contributed by atoms with Crippen LogP contribution in [-0.2, 0) is 23.1 Å². The van der Waals surface area contributed by atoms with Crippen LogP contribution in [0, 0.1) is 5.92 Å². The van der Waals surface area contributed by atoms with Gasteiger partial charge in [-0.3, -0.25) is 9.78 Å². The van der Waals surface area contributed by atoms with E-state index >= 15 is 0 Å². The van der Waals surface area contributed by atoms with Crippen LogP contribution in [0.2, 0.25) is 0 Å². The van der Waals surface area contributed by atoms with Crippen LogP contribution < -0.4 is 5.32 Å². The Morgan fingerprint density at radius 2 is 1.95 bits per heavy atom. The number of aryl methyl sites for hydroxylation is 1. The summed E-state index contributed by atoms with van der Waals surface area (Å²) in [5, 5.41) is 21.4. The largest absolute Gasteiger partial charge is 0.392 e. The van der Waals surface area contributed by atoms with E-state index in [4.69, 9.17) is 9.47 Å². The van der Waals surface area contributed by atoms with Gasteiger partial charge in [0.05, 0.1) is 24.4 Å². The second-order valence-corrected chi connectivity index (χ2v) is 10.2. The smallest absolute Gasteiger partial charge is 0.257 e. The average Bonchev–Trinajstić information content (AvgIpc) is 3.37. The molecule has 4 atom stereocenters. The van der Waals surface area contributed by atoms with Crippen molar-refractivity contribution in [1.82, 2.24) is 19.7 Å². The Bertz CT molecular complexity index is 1370. The molecule has 9 nitrogen and oxygen atoms in total. The molecular formula is C28H29N5O4S. The fourth-order valence-corrected chi connectivity index (χ4v) is 5.38. The van der Waals surface area contributed by atoms with E-state index in [1.165, 1.54) is 6.20 Å². The molecule has 0 aliphatic carbocycles. The molecule has 1 aliphatic heterocycles. The molecule has 10 heteroatoms. The molecule has 3 heterocycles. The summed E-state index contributed by atoms with van der Waals surface area (Å²) in [5.74, 6) is 0.463. The predicted octanol–water partition coefficient (Wildman–Crippen LogP) is 4.54. The van der Waals surface area contributed by atoms with Crippen LogP contribution in [0.5, 0.6) is 0 Å². The standard InChI is InChI=1S/C28H29N5O4S/c1-18-24(16-38-28-32-30-17-33(28)2)36-27(37-25(18)20-10-8-19(15-34)9-11-20)21-5-3-7-23(13-21)31-26(35)22-6-4-12-29-14-22/h3-14,17-18,24-25,27,34H,15-16H2,1-2H3,(H,31,35)/t18-,24+,25+,27+/m0/s1. The number of benzene rings is 2. The lowest BCUT2D eigenvalue weighted by Gasteiger charge is -2.41. The quantitative estimate of drug-likeness (QED) is 0.319. The minimum Gasteiger partial charge on any atom is -0.392 e. The summed E-state index contributed by atoms with van der Waals surface area (Å²) in [7, 11) is 1.91. The van der Waals surface area contributed by atoms with E-state index in [1.54, 1.807) is 36.4 Å². The van der Waals surface area contributed by atoms with Gasteiger partial charge in [0.1, 0.15) is 6.33 Å². The van der Waals surface area contributed by atoms with Gasteiger partial charge in [0.15, 0.2) is 11.4 Å². The second kappa shape index (κ2) is 11.9. The molecule has 1 amide bonds. The molecule has 0 saturated carbocycles. The van der Waals surface area contributed by atoms with Crippen molar-refractivity contribution in [3.05, 3.63) is 102 Å². The van der Waals surface area contributed by atoms with Crippen molar-refractivity contribution in [3.63, 3.8) is 0 Å². The van der Waals surface area contributed by atoms with Gasteiger partial charge in [-0.05, 0) is 35.4 Å². The second-order valence-electron chi connectivity index (χ2n) is 9.18. The number of carbonyl (C=O) groups is 1. The number of hydrogen-bond acceptors (Lipinski definition) is 8. The van der Waals surface area contributed by atoms with Crippen LogP contribution in [0.15, 0.2) is 84.5 Å². The van der Waals surface area contributed by atoms with Crippen molar-refractivity contribution in [2.75, 3.05) is 11.1 Å². The number of nitrogens with one attached hydrogen (secondary N) is 1. The Balaban J connectivity index is 1.39. The van der Waals surface area contributed by atoms with Crippen molar-refractivity contribution in [1.29, 1.82) is 0 Å². The third-order valence-corrected chi connectivity index (χ3v) is 7.63. The summed E-state index contributed by atoms with van der Waals surface area (Å²) >= 11 is 1.59. The van der Waals surface area contributed by atoms with Gasteiger partial charge in [-0.25, -0.2) is 0 Å². The highest BCUT2D eigenvalue weighted by atomic mass is 32.2. The molecule has 2 aromatic heterocycles. The first-order valence-electron chi connectivity index (χ1n) is 12.3. The Kier molecular flexibility index (Phi) is 8.14. The molecule has 1 fully saturated rings. The average molecular weight is 532 g/mol. The minimum absolute atomic E-state index is 0.0123. The highest BCUT2D eigenvalue weighted by molar-refractivity contribution is 7.99. The summed E-state index contributed by atoms with van der Waals surface area (Å²) in [4.78, 5) is 16.7. The van der Waals surface area contributed by atoms with Gasteiger partial charge in [0.2, 0.25) is 0 Å². The molecule has 4 aromatic rings. The van der Waals surface area contributed by atoms with Gasteiger partial charge in [-0.1, -0.05) is 55.1 Å². The lowest BCUT2D eigenvalue weighted by molar-refractivity contribution is -0.268. The number of aromatic nitrogens is 4. The van der Waals surface area contributed by atoms with E-state index in [1.807, 2.05) is 60.1 Å². The van der Waals surface area contributed by atoms with Crippen LogP contribution in [0.25, 0.3) is 0 Å². The molecule has 5 rings (SSSR count). The topological polar surface area (TPSA) is 111 Å². The number of thioether (sulfide) groups is 1. The number of anilines is 1. The molecule has 2 N–H and O–H groups in total. The Labute approximate surface area is 225 Å². The van der Waals surface area contributed by atoms with E-state index in [0.29, 0.717) is 17.0 Å². The predicted molar refractivity (Wildman–Crippen MR) is 143 cm³/mol. The summed E-state index contributed by atoms with van der Waals surface area (Å²) in [5.41, 5.74) is 3.76. The Morgan fingerprint density at radius 1 is 1.11 bits per heavy atom. The molecule has 1 saturated heterocycles. The number of pyridine rings is 1. The Morgan fingerprint density at radius 3 is 2.66 bits per heavy atom. The van der Waals surface area contributed by atoms with E-state index in [0.717, 1.165) is 21.8 Å². The summed E-state index contributed by atoms with van der Waals surface area (Å²) in [6, 6.07) is 18.7. The third kappa shape index (κ3) is 5.94. The van der Waals surface area contributed by atoms with Gasteiger partial charge in [-0.2, -0.15) is 0 Å². The molecule has 0 radical (unpaired) electrons. The Hall–Kier alpha value is -3.57. The molecule has 0 bridgehead atoms. The van der Waals surface area contributed by atoms with Crippen LogP contribution >= 0.6 is 11.8 Å². The van der Waals surface area contributed by atoms with Crippen LogP contribution in [0.4, 0.5) is 5.69 Å². The van der Waals surface area contributed by atoms with Crippen molar-refractivity contribution in [2.24, 2.45) is 13.0 Å². The minimum atomic E-state index is -0.644. The monoisotopic (exact) mass is 531 g/mol. The highest BCUT2D eigenvalue weighted by Gasteiger charge is 2.38. The van der Waals surface area contributed by atoms with Crippen molar-refractivity contribution >= 4 is 23.4 Å². The number of hydrogen-bond donors (Lipinski definition) is 2. The van der Waals surface area contributed by atoms with Gasteiger partial charge in [0, 0.05) is 42.4 Å². The lowest BCUT2D eigenvalue weighted by atomic mass is 9.91. The first-order valence-corrected chi connectivity index (χ1v) is 13.3. The zero-order valence-corrected chi connectivity index (χ0v) is 21.9. The number of rotatable bonds is 8. The van der Waals surface area contributed by atoms with Crippen molar-refractivity contribution in [3.8, 4) is 0 Å². The molecule has 0 unspecified atom stereocenters. The summed E-state index contributed by atoms with van der Waals surface area (Å²) in [6.07, 6.45) is 3.81. The van der Waals surface area contributed by atoms with Crippen LogP contribution in [0.3, 0.4) is 0 Å². The van der Waals surface area contributed by atoms with Crippen LogP contribution in [-0.4, -0.2) is 42.6 Å². The maximum absolute atomic E-state index is 12.7. The van der Waals surface area contributed by atoms with Gasteiger partial charge in [-0.15, -0.1) is 10.2 Å². The number of amides is 1. The molecular weight excluding hydrogens is 502 g/mol. The molecule has 0 spiro atoms. The summed E-state index contributed by atoms with van der Waals surface area (Å²) in [6.45, 7) is 2.11. The molecule has 196 valence electrons. The molecule has 1 aliphatic rings. The van der Waals surface area contributed by atoms with Crippen molar-refractivity contribution in [2.45, 2.75) is 37.2 Å². The van der Waals surface area contributed by atoms with E-state index < -0.39 is 6.29 Å². The zero-order chi connectivity index (χ0) is 26.5. The van der Waals surface area contributed by atoms with Gasteiger partial charge >= 0.3 is 0 Å². The maximum Gasteiger partial charge on any atom is 0.257 e. The number of carbonyl (C=O) groups excluding carboxylic acids is 1. The molecule has 38 heavy (non-hydrogen) atoms. The number of nitrogens with zero attached hydrogens (tertiary/aromatic N) is 4. The first kappa shape index (κ1) is 26.1. The summed E-state index contributed by atoms with van der Waals surface area (Å²) < 4.78 is 14.9. The number of ether oxygens (including phenoxy) is 2. The fraction of sp³-hybridized carbons (Fsp3) is 0.286. The third-order valence-electron chi connectivity index (χ3n) is 6.51. The molecule has 2 aromatic carbocycles. The number of aliphatic hydroxyl groups is 1. The maximum atomic E-state index is 12.7. The van der Waals surface area contributed by atoms with E-state index in [9.17, 15) is 9.90 Å². The lowest BCUT2D eigenvalue weighted by Crippen LogP contribution is -2.38. The number of aliphatic hydroxyl groups excluding tert-OH is 1. The van der Waals surface area contributed by atoms with E-state index in [2.05, 4.69) is 27.4 Å². The van der Waals surface area contributed by atoms with E-state index in [-0.39, 0.29) is 30.6 Å². The zero-order valence-electron chi connectivity index (χ0n) is 21.1. The van der Waals surface area contributed by atoms with Gasteiger partial charge in [0.25, 0.3) is 5.91 Å².